The molecule has 3 N–H and O–H groups in total. The van der Waals surface area contributed by atoms with Crippen LogP contribution in [0.5, 0.6) is 5.75 Å². The van der Waals surface area contributed by atoms with E-state index in [9.17, 15) is 14.7 Å². The fraction of sp³-hybridized carbons (Fsp3) is 0.200. The van der Waals surface area contributed by atoms with E-state index in [0.717, 1.165) is 5.69 Å². The van der Waals surface area contributed by atoms with Crippen molar-refractivity contribution < 1.29 is 36.8 Å². The van der Waals surface area contributed by atoms with Gasteiger partial charge in [0.15, 0.2) is 5.58 Å². The Bertz CT molecular complexity index is 1130. The molecule has 2 aromatic carbocycles. The van der Waals surface area contributed by atoms with E-state index in [4.69, 9.17) is 27.6 Å². The van der Waals surface area contributed by atoms with Gasteiger partial charge in [-0.1, -0.05) is 23.2 Å². The largest absolute Gasteiger partial charge is 1.00 e. The first-order valence-electron chi connectivity index (χ1n) is 8.44. The van der Waals surface area contributed by atoms with Crippen LogP contribution in [0.4, 0.5) is 5.69 Å². The maximum Gasteiger partial charge on any atom is 0.340 e. The second-order valence-electron chi connectivity index (χ2n) is 6.27. The predicted octanol–water partition coefficient (Wildman–Crippen LogP) is 0.228. The monoisotopic (exact) mass is 457 g/mol. The summed E-state index contributed by atoms with van der Waals surface area (Å²) in [7, 11) is 1.26. The van der Waals surface area contributed by atoms with Crippen molar-refractivity contribution in [1.29, 1.82) is 0 Å². The van der Waals surface area contributed by atoms with Crippen molar-refractivity contribution >= 4 is 45.8 Å². The first-order chi connectivity index (χ1) is 13.3. The molecule has 0 amide bonds. The van der Waals surface area contributed by atoms with Crippen molar-refractivity contribution in [1.82, 2.24) is 0 Å². The number of ether oxygens (including phenoxy) is 1. The summed E-state index contributed by atoms with van der Waals surface area (Å²) in [5.41, 5.74) is 1.79. The SMILES string of the molecule is COC(=O)Cc1c(C)c2ccc(O)c(C[NH2+]c3ccc(Cl)c(Cl)c3)c2oc1=O.[Cl-]. The van der Waals surface area contributed by atoms with Gasteiger partial charge in [-0.3, -0.25) is 4.79 Å². The molecule has 0 atom stereocenters. The molecular weight excluding hydrogens is 441 g/mol. The molecule has 0 saturated heterocycles. The van der Waals surface area contributed by atoms with Gasteiger partial charge in [0.25, 0.3) is 0 Å². The fourth-order valence-corrected chi connectivity index (χ4v) is 3.28. The highest BCUT2D eigenvalue weighted by Crippen LogP contribution is 2.29. The van der Waals surface area contributed by atoms with Crippen molar-refractivity contribution in [3.05, 3.63) is 67.5 Å². The third-order valence-electron chi connectivity index (χ3n) is 4.57. The number of aromatic hydroxyl groups is 1. The van der Waals surface area contributed by atoms with E-state index in [2.05, 4.69) is 4.74 Å². The molecule has 0 saturated carbocycles. The van der Waals surface area contributed by atoms with E-state index in [1.807, 2.05) is 5.32 Å². The quantitative estimate of drug-likeness (QED) is 0.324. The zero-order valence-corrected chi connectivity index (χ0v) is 17.9. The zero-order chi connectivity index (χ0) is 20.4. The Morgan fingerprint density at radius 1 is 1.17 bits per heavy atom. The number of hydrogen-bond acceptors (Lipinski definition) is 5. The summed E-state index contributed by atoms with van der Waals surface area (Å²) in [4.78, 5) is 24.0. The molecule has 0 spiro atoms. The topological polar surface area (TPSA) is 93.3 Å². The first-order valence-corrected chi connectivity index (χ1v) is 9.19. The van der Waals surface area contributed by atoms with Gasteiger partial charge in [-0.2, -0.15) is 0 Å². The molecule has 29 heavy (non-hydrogen) atoms. The van der Waals surface area contributed by atoms with Crippen molar-refractivity contribution in [3.63, 3.8) is 0 Å². The molecule has 0 bridgehead atoms. The average Bonchev–Trinajstić information content (AvgIpc) is 2.66. The van der Waals surface area contributed by atoms with E-state index in [1.54, 1.807) is 31.2 Å². The van der Waals surface area contributed by atoms with Crippen molar-refractivity contribution in [2.24, 2.45) is 0 Å². The van der Waals surface area contributed by atoms with Gasteiger partial charge < -0.3 is 32.0 Å². The Kier molecular flexibility index (Phi) is 7.54. The van der Waals surface area contributed by atoms with Gasteiger partial charge in [0.1, 0.15) is 18.0 Å². The Hall–Kier alpha value is -2.25. The van der Waals surface area contributed by atoms with Gasteiger partial charge in [-0.25, -0.2) is 4.79 Å². The van der Waals surface area contributed by atoms with Crippen LogP contribution in [0.2, 0.25) is 10.0 Å². The zero-order valence-electron chi connectivity index (χ0n) is 15.6. The number of phenolic OH excluding ortho intramolecular Hbond substituents is 1. The molecule has 1 heterocycles. The summed E-state index contributed by atoms with van der Waals surface area (Å²) < 4.78 is 10.1. The summed E-state index contributed by atoms with van der Waals surface area (Å²) >= 11 is 12.0. The summed E-state index contributed by atoms with van der Waals surface area (Å²) in [6, 6.07) is 8.39. The lowest BCUT2D eigenvalue weighted by atomic mass is 10.0. The normalized spacial score (nSPS) is 10.6. The van der Waals surface area contributed by atoms with Crippen LogP contribution < -0.4 is 23.3 Å². The van der Waals surface area contributed by atoms with Crippen molar-refractivity contribution in [3.8, 4) is 5.75 Å². The Labute approximate surface area is 182 Å². The highest BCUT2D eigenvalue weighted by atomic mass is 35.5. The van der Waals surface area contributed by atoms with E-state index in [1.165, 1.54) is 13.2 Å². The number of aryl methyl sites for hydroxylation is 1. The minimum atomic E-state index is -0.628. The van der Waals surface area contributed by atoms with Gasteiger partial charge >= 0.3 is 11.6 Å². The van der Waals surface area contributed by atoms with E-state index >= 15 is 0 Å². The smallest absolute Gasteiger partial charge is 0.340 e. The van der Waals surface area contributed by atoms with Crippen LogP contribution in [-0.2, 0) is 22.5 Å². The molecule has 9 heteroatoms. The molecule has 0 unspecified atom stereocenters. The van der Waals surface area contributed by atoms with Crippen LogP contribution in [0, 0.1) is 6.92 Å². The van der Waals surface area contributed by atoms with E-state index < -0.39 is 11.6 Å². The third kappa shape index (κ3) is 4.85. The molecule has 0 aliphatic heterocycles. The highest BCUT2D eigenvalue weighted by Gasteiger charge is 2.19. The summed E-state index contributed by atoms with van der Waals surface area (Å²) in [6.45, 7) is 2.04. The summed E-state index contributed by atoms with van der Waals surface area (Å²) in [5.74, 6) is -0.520. The number of rotatable bonds is 5. The van der Waals surface area contributed by atoms with Crippen molar-refractivity contribution in [2.45, 2.75) is 19.9 Å². The first kappa shape index (κ1) is 23.0. The lowest BCUT2D eigenvalue weighted by Crippen LogP contribution is -3.00. The number of fused-ring (bicyclic) bond motifs is 1. The standard InChI is InChI=1S/C20H17Cl2NO5.ClH/c1-10-12-4-6-17(24)14(9-23-11-3-5-15(21)16(22)7-11)19(12)28-20(26)13(10)8-18(25)27-2;/h3-7,23-24H,8-9H2,1-2H3;1H. The number of nitrogens with two attached hydrogens (primary N) is 1. The third-order valence-corrected chi connectivity index (χ3v) is 5.31. The lowest BCUT2D eigenvalue weighted by molar-refractivity contribution is -0.588. The van der Waals surface area contributed by atoms with Crippen LogP contribution in [0.15, 0.2) is 39.5 Å². The maximum atomic E-state index is 12.4. The number of halogens is 3. The van der Waals surface area contributed by atoms with Gasteiger partial charge in [0.2, 0.25) is 0 Å². The molecule has 3 aromatic rings. The van der Waals surface area contributed by atoms with Crippen LogP contribution in [0.25, 0.3) is 11.0 Å². The number of hydrogen-bond donors (Lipinski definition) is 2. The Morgan fingerprint density at radius 3 is 2.55 bits per heavy atom. The van der Waals surface area contributed by atoms with Crippen LogP contribution in [-0.4, -0.2) is 18.2 Å². The molecule has 0 aliphatic rings. The van der Waals surface area contributed by atoms with E-state index in [-0.39, 0.29) is 35.7 Å². The minimum absolute atomic E-state index is 0. The fourth-order valence-electron chi connectivity index (χ4n) is 2.98. The van der Waals surface area contributed by atoms with Gasteiger partial charge in [0, 0.05) is 17.5 Å². The second-order valence-corrected chi connectivity index (χ2v) is 7.08. The number of quaternary nitrogens is 1. The number of carbonyl (C=O) groups excluding carboxylic acids is 1. The minimum Gasteiger partial charge on any atom is -1.00 e. The number of esters is 1. The molecular formula is C20H18Cl3NO5. The van der Waals surface area contributed by atoms with Crippen LogP contribution in [0.3, 0.4) is 0 Å². The molecule has 1 aromatic heterocycles. The second kappa shape index (κ2) is 9.50. The highest BCUT2D eigenvalue weighted by molar-refractivity contribution is 6.42. The number of phenols is 1. The van der Waals surface area contributed by atoms with Crippen LogP contribution >= 0.6 is 23.2 Å². The predicted molar refractivity (Wildman–Crippen MR) is 106 cm³/mol. The Balaban J connectivity index is 0.00000300. The van der Waals surface area contributed by atoms with E-state index in [0.29, 0.717) is 33.1 Å². The van der Waals surface area contributed by atoms with Gasteiger partial charge in [-0.15, -0.1) is 0 Å². The summed E-state index contributed by atoms with van der Waals surface area (Å²) in [6.07, 6.45) is -0.174. The molecule has 0 fully saturated rings. The molecule has 154 valence electrons. The van der Waals surface area contributed by atoms with Crippen molar-refractivity contribution in [2.75, 3.05) is 7.11 Å². The number of benzene rings is 2. The number of carbonyl (C=O) groups is 1. The Morgan fingerprint density at radius 2 is 1.90 bits per heavy atom. The molecule has 0 aliphatic carbocycles. The molecule has 0 radical (unpaired) electrons. The van der Waals surface area contributed by atoms with Gasteiger partial charge in [-0.05, 0) is 30.7 Å². The van der Waals surface area contributed by atoms with Gasteiger partial charge in [0.05, 0.1) is 34.7 Å². The molecule has 6 nitrogen and oxygen atoms in total. The molecule has 3 rings (SSSR count). The van der Waals surface area contributed by atoms with Crippen LogP contribution in [0.1, 0.15) is 16.7 Å². The summed E-state index contributed by atoms with van der Waals surface area (Å²) in [5, 5.41) is 13.7. The average molecular weight is 459 g/mol. The number of methoxy groups -OCH3 is 1. The maximum absolute atomic E-state index is 12.4. The lowest BCUT2D eigenvalue weighted by Gasteiger charge is -2.11.